The standard InChI is InChI=1S/C20H19ClN2O3/c1-4-26-16-7-5-14(6-8-16)22-18-17(21)19(24)23(20(18)25)15-10-12(2)9-13(3)11-15/h5-11,22H,4H2,1-3H3. The molecule has 0 bridgehead atoms. The van der Waals surface area contributed by atoms with Crippen molar-refractivity contribution in [2.24, 2.45) is 0 Å². The maximum atomic E-state index is 12.8. The van der Waals surface area contributed by atoms with Gasteiger partial charge in [0, 0.05) is 5.69 Å². The van der Waals surface area contributed by atoms with E-state index in [9.17, 15) is 9.59 Å². The molecular weight excluding hydrogens is 352 g/mol. The van der Waals surface area contributed by atoms with Gasteiger partial charge in [-0.3, -0.25) is 9.59 Å². The van der Waals surface area contributed by atoms with Crippen LogP contribution in [0.4, 0.5) is 11.4 Å². The van der Waals surface area contributed by atoms with E-state index in [4.69, 9.17) is 16.3 Å². The number of nitrogens with one attached hydrogen (secondary N) is 1. The van der Waals surface area contributed by atoms with E-state index in [1.54, 1.807) is 36.4 Å². The molecule has 1 heterocycles. The van der Waals surface area contributed by atoms with Gasteiger partial charge < -0.3 is 10.1 Å². The van der Waals surface area contributed by atoms with Gasteiger partial charge in [0.1, 0.15) is 16.5 Å². The highest BCUT2D eigenvalue weighted by Crippen LogP contribution is 2.31. The van der Waals surface area contributed by atoms with Gasteiger partial charge in [-0.2, -0.15) is 0 Å². The topological polar surface area (TPSA) is 58.6 Å². The van der Waals surface area contributed by atoms with E-state index in [0.717, 1.165) is 21.8 Å². The van der Waals surface area contributed by atoms with Crippen molar-refractivity contribution in [3.05, 3.63) is 64.3 Å². The third-order valence-electron chi connectivity index (χ3n) is 3.93. The van der Waals surface area contributed by atoms with Crippen molar-refractivity contribution in [1.29, 1.82) is 0 Å². The first kappa shape index (κ1) is 18.0. The SMILES string of the molecule is CCOc1ccc(NC2=C(Cl)C(=O)N(c3cc(C)cc(C)c3)C2=O)cc1. The molecule has 0 fully saturated rings. The van der Waals surface area contributed by atoms with Crippen LogP contribution in [0.2, 0.25) is 0 Å². The molecule has 0 radical (unpaired) electrons. The molecule has 1 N–H and O–H groups in total. The number of nitrogens with zero attached hydrogens (tertiary/aromatic N) is 1. The van der Waals surface area contributed by atoms with E-state index in [1.165, 1.54) is 0 Å². The second kappa shape index (κ2) is 7.22. The van der Waals surface area contributed by atoms with Gasteiger partial charge in [0.2, 0.25) is 0 Å². The number of aryl methyl sites for hydroxylation is 2. The van der Waals surface area contributed by atoms with Crippen LogP contribution in [0.1, 0.15) is 18.1 Å². The Balaban J connectivity index is 1.86. The zero-order valence-electron chi connectivity index (χ0n) is 14.8. The van der Waals surface area contributed by atoms with Crippen LogP contribution in [0.3, 0.4) is 0 Å². The van der Waals surface area contributed by atoms with Gasteiger partial charge >= 0.3 is 0 Å². The Hall–Kier alpha value is -2.79. The minimum Gasteiger partial charge on any atom is -0.494 e. The molecule has 1 aliphatic rings. The first-order valence-corrected chi connectivity index (χ1v) is 8.65. The normalized spacial score (nSPS) is 14.2. The van der Waals surface area contributed by atoms with Crippen molar-refractivity contribution in [2.75, 3.05) is 16.8 Å². The molecule has 0 saturated carbocycles. The molecule has 5 nitrogen and oxygen atoms in total. The van der Waals surface area contributed by atoms with Gasteiger partial charge in [-0.1, -0.05) is 17.7 Å². The molecule has 0 aromatic heterocycles. The molecule has 2 aromatic carbocycles. The van der Waals surface area contributed by atoms with Crippen LogP contribution in [0.5, 0.6) is 5.75 Å². The quantitative estimate of drug-likeness (QED) is 0.804. The Bertz CT molecular complexity index is 884. The van der Waals surface area contributed by atoms with Crippen molar-refractivity contribution >= 4 is 34.8 Å². The largest absolute Gasteiger partial charge is 0.494 e. The molecule has 0 unspecified atom stereocenters. The number of ether oxygens (including phenoxy) is 1. The highest BCUT2D eigenvalue weighted by Gasteiger charge is 2.39. The maximum Gasteiger partial charge on any atom is 0.283 e. The molecule has 0 atom stereocenters. The molecule has 3 rings (SSSR count). The van der Waals surface area contributed by atoms with Crippen molar-refractivity contribution in [3.63, 3.8) is 0 Å². The summed E-state index contributed by atoms with van der Waals surface area (Å²) < 4.78 is 5.39. The average molecular weight is 371 g/mol. The number of rotatable bonds is 5. The van der Waals surface area contributed by atoms with Crippen LogP contribution in [0.25, 0.3) is 0 Å². The van der Waals surface area contributed by atoms with Crippen molar-refractivity contribution in [2.45, 2.75) is 20.8 Å². The van der Waals surface area contributed by atoms with Gasteiger partial charge in [-0.05, 0) is 68.3 Å². The number of anilines is 2. The van der Waals surface area contributed by atoms with Crippen LogP contribution < -0.4 is 15.0 Å². The number of hydrogen-bond donors (Lipinski definition) is 1. The number of carbonyl (C=O) groups is 2. The summed E-state index contributed by atoms with van der Waals surface area (Å²) in [5, 5.41) is 2.83. The fourth-order valence-electron chi connectivity index (χ4n) is 2.87. The van der Waals surface area contributed by atoms with Crippen LogP contribution in [-0.4, -0.2) is 18.4 Å². The highest BCUT2D eigenvalue weighted by atomic mass is 35.5. The van der Waals surface area contributed by atoms with E-state index >= 15 is 0 Å². The lowest BCUT2D eigenvalue weighted by Crippen LogP contribution is -2.32. The molecule has 26 heavy (non-hydrogen) atoms. The Morgan fingerprint density at radius 3 is 2.19 bits per heavy atom. The van der Waals surface area contributed by atoms with E-state index < -0.39 is 11.8 Å². The monoisotopic (exact) mass is 370 g/mol. The van der Waals surface area contributed by atoms with Crippen LogP contribution in [0, 0.1) is 13.8 Å². The van der Waals surface area contributed by atoms with Gasteiger partial charge in [-0.15, -0.1) is 0 Å². The molecule has 0 spiro atoms. The fraction of sp³-hybridized carbons (Fsp3) is 0.200. The maximum absolute atomic E-state index is 12.8. The summed E-state index contributed by atoms with van der Waals surface area (Å²) in [5.41, 5.74) is 3.15. The Kier molecular flexibility index (Phi) is 5.00. The van der Waals surface area contributed by atoms with E-state index in [1.807, 2.05) is 26.8 Å². The minimum absolute atomic E-state index is 0.0694. The first-order chi connectivity index (χ1) is 12.4. The van der Waals surface area contributed by atoms with Crippen molar-refractivity contribution < 1.29 is 14.3 Å². The lowest BCUT2D eigenvalue weighted by atomic mass is 10.1. The molecule has 2 aromatic rings. The first-order valence-electron chi connectivity index (χ1n) is 8.27. The molecule has 134 valence electrons. The summed E-state index contributed by atoms with van der Waals surface area (Å²) in [6, 6.07) is 12.6. The summed E-state index contributed by atoms with van der Waals surface area (Å²) in [4.78, 5) is 26.4. The fourth-order valence-corrected chi connectivity index (χ4v) is 3.08. The predicted octanol–water partition coefficient (Wildman–Crippen LogP) is 4.14. The Morgan fingerprint density at radius 1 is 1.00 bits per heavy atom. The summed E-state index contributed by atoms with van der Waals surface area (Å²) >= 11 is 6.16. The van der Waals surface area contributed by atoms with Crippen LogP contribution in [-0.2, 0) is 9.59 Å². The van der Waals surface area contributed by atoms with E-state index in [0.29, 0.717) is 18.0 Å². The third kappa shape index (κ3) is 3.44. The summed E-state index contributed by atoms with van der Waals surface area (Å²) in [5.74, 6) is -0.280. The van der Waals surface area contributed by atoms with Crippen molar-refractivity contribution in [3.8, 4) is 5.75 Å². The van der Waals surface area contributed by atoms with E-state index in [-0.39, 0.29) is 10.7 Å². The van der Waals surface area contributed by atoms with Crippen LogP contribution >= 0.6 is 11.6 Å². The second-order valence-corrected chi connectivity index (χ2v) is 6.44. The Morgan fingerprint density at radius 2 is 1.62 bits per heavy atom. The average Bonchev–Trinajstić information content (AvgIpc) is 2.79. The summed E-state index contributed by atoms with van der Waals surface area (Å²) in [6.45, 7) is 6.30. The number of benzene rings is 2. The lowest BCUT2D eigenvalue weighted by Gasteiger charge is -2.16. The second-order valence-electron chi connectivity index (χ2n) is 6.06. The summed E-state index contributed by atoms with van der Waals surface area (Å²) in [7, 11) is 0. The third-order valence-corrected chi connectivity index (χ3v) is 4.28. The number of hydrogen-bond acceptors (Lipinski definition) is 4. The number of imide groups is 1. The Labute approximate surface area is 157 Å². The molecule has 0 aliphatic carbocycles. The molecule has 6 heteroatoms. The number of carbonyl (C=O) groups excluding carboxylic acids is 2. The summed E-state index contributed by atoms with van der Waals surface area (Å²) in [6.07, 6.45) is 0. The molecule has 2 amide bonds. The smallest absolute Gasteiger partial charge is 0.283 e. The van der Waals surface area contributed by atoms with Gasteiger partial charge in [0.15, 0.2) is 0 Å². The van der Waals surface area contributed by atoms with Crippen molar-refractivity contribution in [1.82, 2.24) is 0 Å². The van der Waals surface area contributed by atoms with Crippen LogP contribution in [0.15, 0.2) is 53.2 Å². The molecule has 0 saturated heterocycles. The van der Waals surface area contributed by atoms with Gasteiger partial charge in [0.05, 0.1) is 12.3 Å². The van der Waals surface area contributed by atoms with Gasteiger partial charge in [-0.25, -0.2) is 4.90 Å². The highest BCUT2D eigenvalue weighted by molar-refractivity contribution is 6.53. The zero-order chi connectivity index (χ0) is 18.8. The minimum atomic E-state index is -0.532. The van der Waals surface area contributed by atoms with E-state index in [2.05, 4.69) is 5.32 Å². The molecule has 1 aliphatic heterocycles. The predicted molar refractivity (Wildman–Crippen MR) is 103 cm³/mol. The number of halogens is 1. The lowest BCUT2D eigenvalue weighted by molar-refractivity contribution is -0.120. The number of amides is 2. The van der Waals surface area contributed by atoms with Gasteiger partial charge in [0.25, 0.3) is 11.8 Å². The molecular formula is C20H19ClN2O3. The zero-order valence-corrected chi connectivity index (χ0v) is 15.6.